The van der Waals surface area contributed by atoms with E-state index in [0.717, 1.165) is 12.1 Å². The maximum Gasteiger partial charge on any atom is 0.417 e. The molecule has 0 aliphatic rings. The van der Waals surface area contributed by atoms with E-state index in [0.29, 0.717) is 46.9 Å². The molecule has 5 heterocycles. The van der Waals surface area contributed by atoms with Gasteiger partial charge < -0.3 is 9.26 Å². The molecule has 0 N–H and O–H groups in total. The Morgan fingerprint density at radius 2 is 1.97 bits per heavy atom. The Hall–Kier alpha value is -4.69. The molecule has 0 aliphatic carbocycles. The molecule has 5 aromatic heterocycles. The minimum Gasteiger partial charge on any atom is -0.471 e. The van der Waals surface area contributed by atoms with Crippen molar-refractivity contribution in [2.45, 2.75) is 26.3 Å². The number of hydrogen-bond donors (Lipinski definition) is 0. The average molecular weight is 498 g/mol. The smallest absolute Gasteiger partial charge is 0.417 e. The lowest BCUT2D eigenvalue weighted by atomic mass is 10.2. The van der Waals surface area contributed by atoms with Gasteiger partial charge in [0.25, 0.3) is 5.89 Å². The Labute approximate surface area is 200 Å². The molecule has 0 aliphatic heterocycles. The first-order valence-electron chi connectivity index (χ1n) is 10.5. The van der Waals surface area contributed by atoms with Crippen LogP contribution in [0.1, 0.15) is 22.8 Å². The van der Waals surface area contributed by atoms with Gasteiger partial charge in [0.1, 0.15) is 12.4 Å². The van der Waals surface area contributed by atoms with Crippen LogP contribution in [0.4, 0.5) is 13.2 Å². The maximum absolute atomic E-state index is 12.7. The first-order valence-corrected chi connectivity index (χ1v) is 10.5. The van der Waals surface area contributed by atoms with Gasteiger partial charge in [-0.1, -0.05) is 5.16 Å². The number of aromatic nitrogens is 10. The Balaban J connectivity index is 1.33. The van der Waals surface area contributed by atoms with Crippen molar-refractivity contribution < 1.29 is 22.4 Å². The molecule has 5 aromatic rings. The van der Waals surface area contributed by atoms with Crippen LogP contribution in [0.3, 0.4) is 0 Å². The molecule has 0 radical (unpaired) electrons. The van der Waals surface area contributed by atoms with Crippen LogP contribution in [0.5, 0.6) is 5.88 Å². The third-order valence-electron chi connectivity index (χ3n) is 5.24. The fourth-order valence-corrected chi connectivity index (χ4v) is 3.29. The Morgan fingerprint density at radius 3 is 2.69 bits per heavy atom. The summed E-state index contributed by atoms with van der Waals surface area (Å²) in [7, 11) is 1.69. The van der Waals surface area contributed by atoms with Crippen LogP contribution < -0.4 is 4.74 Å². The molecule has 5 rings (SSSR count). The summed E-state index contributed by atoms with van der Waals surface area (Å²) < 4.78 is 52.4. The van der Waals surface area contributed by atoms with E-state index in [9.17, 15) is 13.2 Å². The summed E-state index contributed by atoms with van der Waals surface area (Å²) >= 11 is 0. The normalized spacial score (nSPS) is 11.7. The number of rotatable bonds is 7. The summed E-state index contributed by atoms with van der Waals surface area (Å²) in [6.45, 7) is 2.13. The second-order valence-corrected chi connectivity index (χ2v) is 7.64. The molecule has 0 fully saturated rings. The predicted molar refractivity (Wildman–Crippen MR) is 115 cm³/mol. The number of tetrazole rings is 1. The van der Waals surface area contributed by atoms with E-state index >= 15 is 0 Å². The Bertz CT molecular complexity index is 1490. The van der Waals surface area contributed by atoms with Gasteiger partial charge in [-0.2, -0.15) is 23.3 Å². The van der Waals surface area contributed by atoms with Gasteiger partial charge in [-0.15, -0.1) is 5.10 Å². The highest BCUT2D eigenvalue weighted by atomic mass is 19.4. The largest absolute Gasteiger partial charge is 0.471 e. The van der Waals surface area contributed by atoms with Gasteiger partial charge in [0, 0.05) is 31.1 Å². The van der Waals surface area contributed by atoms with Crippen molar-refractivity contribution in [2.75, 3.05) is 0 Å². The molecule has 184 valence electrons. The second-order valence-electron chi connectivity index (χ2n) is 7.64. The van der Waals surface area contributed by atoms with Gasteiger partial charge in [-0.3, -0.25) is 9.67 Å². The third-order valence-corrected chi connectivity index (χ3v) is 5.24. The van der Waals surface area contributed by atoms with Crippen LogP contribution in [-0.2, 0) is 26.4 Å². The molecule has 0 amide bonds. The maximum atomic E-state index is 12.7. The molecule has 12 nitrogen and oxygen atoms in total. The summed E-state index contributed by atoms with van der Waals surface area (Å²) in [4.78, 5) is 12.5. The van der Waals surface area contributed by atoms with E-state index in [2.05, 4.69) is 40.7 Å². The highest BCUT2D eigenvalue weighted by molar-refractivity contribution is 5.61. The number of alkyl halides is 3. The zero-order valence-corrected chi connectivity index (χ0v) is 18.9. The molecule has 0 aromatic carbocycles. The minimum atomic E-state index is -4.47. The number of aryl methyl sites for hydroxylation is 2. The summed E-state index contributed by atoms with van der Waals surface area (Å²) in [5, 5.41) is 19.7. The summed E-state index contributed by atoms with van der Waals surface area (Å²) in [6, 6.07) is 5.61. The lowest BCUT2D eigenvalue weighted by Crippen LogP contribution is -2.07. The zero-order valence-electron chi connectivity index (χ0n) is 18.9. The monoisotopic (exact) mass is 498 g/mol. The van der Waals surface area contributed by atoms with Gasteiger partial charge in [0.15, 0.2) is 0 Å². The number of hydrogen-bond acceptors (Lipinski definition) is 10. The van der Waals surface area contributed by atoms with Gasteiger partial charge in [-0.05, 0) is 35.5 Å². The lowest BCUT2D eigenvalue weighted by Gasteiger charge is -2.09. The van der Waals surface area contributed by atoms with Crippen LogP contribution >= 0.6 is 0 Å². The van der Waals surface area contributed by atoms with Crippen LogP contribution in [0.15, 0.2) is 47.4 Å². The summed E-state index contributed by atoms with van der Waals surface area (Å²) in [5.74, 6) is 1.22. The molecular weight excluding hydrogens is 481 g/mol. The molecule has 15 heteroatoms. The molecule has 0 atom stereocenters. The van der Waals surface area contributed by atoms with Gasteiger partial charge in [0.2, 0.25) is 11.7 Å². The second kappa shape index (κ2) is 9.16. The number of ether oxygens (including phenoxy) is 1. The van der Waals surface area contributed by atoms with E-state index in [1.165, 1.54) is 6.20 Å². The zero-order chi connectivity index (χ0) is 25.3. The Morgan fingerprint density at radius 1 is 1.11 bits per heavy atom. The molecule has 0 saturated carbocycles. The van der Waals surface area contributed by atoms with E-state index in [1.807, 2.05) is 0 Å². The van der Waals surface area contributed by atoms with E-state index < -0.39 is 11.7 Å². The lowest BCUT2D eigenvalue weighted by molar-refractivity contribution is -0.137. The van der Waals surface area contributed by atoms with E-state index in [-0.39, 0.29) is 18.4 Å². The van der Waals surface area contributed by atoms with Crippen LogP contribution in [0, 0.1) is 6.92 Å². The van der Waals surface area contributed by atoms with Crippen molar-refractivity contribution in [3.8, 4) is 28.7 Å². The average Bonchev–Trinajstić information content (AvgIpc) is 3.58. The highest BCUT2D eigenvalue weighted by Gasteiger charge is 2.30. The summed E-state index contributed by atoms with van der Waals surface area (Å²) in [5.41, 5.74) is 1.60. The number of halogens is 3. The van der Waals surface area contributed by atoms with E-state index in [4.69, 9.17) is 9.26 Å². The van der Waals surface area contributed by atoms with Crippen LogP contribution in [0.25, 0.3) is 22.8 Å². The van der Waals surface area contributed by atoms with Crippen molar-refractivity contribution in [1.29, 1.82) is 0 Å². The summed E-state index contributed by atoms with van der Waals surface area (Å²) in [6.07, 6.45) is -0.596. The quantitative estimate of drug-likeness (QED) is 0.329. The Kier molecular flexibility index (Phi) is 5.87. The third kappa shape index (κ3) is 4.75. The molecule has 0 spiro atoms. The topological polar surface area (TPSA) is 135 Å². The molecule has 36 heavy (non-hydrogen) atoms. The highest BCUT2D eigenvalue weighted by Crippen LogP contribution is 2.30. The fourth-order valence-electron chi connectivity index (χ4n) is 3.29. The molecular formula is C21H17F3N10O2. The van der Waals surface area contributed by atoms with Crippen molar-refractivity contribution in [1.82, 2.24) is 50.1 Å². The van der Waals surface area contributed by atoms with Crippen LogP contribution in [0.2, 0.25) is 0 Å². The van der Waals surface area contributed by atoms with Crippen LogP contribution in [-0.4, -0.2) is 50.1 Å². The number of pyridine rings is 2. The molecule has 0 unspecified atom stereocenters. The predicted octanol–water partition coefficient (Wildman–Crippen LogP) is 2.87. The van der Waals surface area contributed by atoms with Gasteiger partial charge in [0.05, 0.1) is 35.3 Å². The van der Waals surface area contributed by atoms with Gasteiger partial charge in [-0.25, -0.2) is 9.67 Å². The van der Waals surface area contributed by atoms with Crippen molar-refractivity contribution in [3.05, 3.63) is 65.6 Å². The molecule has 0 saturated heterocycles. The molecule has 0 bridgehead atoms. The first kappa shape index (κ1) is 23.1. The van der Waals surface area contributed by atoms with E-state index in [1.54, 1.807) is 41.7 Å². The van der Waals surface area contributed by atoms with Crippen molar-refractivity contribution in [3.63, 3.8) is 0 Å². The van der Waals surface area contributed by atoms with Crippen molar-refractivity contribution in [2.24, 2.45) is 7.05 Å². The van der Waals surface area contributed by atoms with Gasteiger partial charge >= 0.3 is 6.18 Å². The fraction of sp³-hybridized carbons (Fsp3) is 0.238. The van der Waals surface area contributed by atoms with Crippen molar-refractivity contribution >= 4 is 0 Å². The number of nitrogens with zero attached hydrogens (tertiary/aromatic N) is 10. The first-order chi connectivity index (χ1) is 17.3. The standard InChI is InChI=1S/C21H17F3N10O2/c1-12-29-31-32-34(12)10-15-7-13(5-6-25-15)19-28-20(36-30-19)16-9-27-33(2)17(16)11-35-18-4-3-14(8-26-18)21(22,23)24/h3-9H,10-11H2,1-2H3. The SMILES string of the molecule is Cc1nnnn1Cc1cc(-c2noc(-c3cnn(C)c3COc3ccc(C(F)(F)F)cn3)n2)ccn1. The minimum absolute atomic E-state index is 0.0310.